The molecule has 0 saturated heterocycles. The number of nitrogens with one attached hydrogen (secondary N) is 1. The van der Waals surface area contributed by atoms with Gasteiger partial charge in [0.25, 0.3) is 0 Å². The normalized spacial score (nSPS) is 16.8. The summed E-state index contributed by atoms with van der Waals surface area (Å²) in [7, 11) is -2.47. The van der Waals surface area contributed by atoms with Gasteiger partial charge in [-0.3, -0.25) is 4.52 Å². The van der Waals surface area contributed by atoms with Crippen LogP contribution >= 0.6 is 7.82 Å². The van der Waals surface area contributed by atoms with E-state index in [0.29, 0.717) is 0 Å². The maximum atomic E-state index is 10.8. The van der Waals surface area contributed by atoms with Crippen LogP contribution in [0, 0.1) is 5.92 Å². The van der Waals surface area contributed by atoms with E-state index in [1.165, 1.54) is 7.05 Å². The van der Waals surface area contributed by atoms with Crippen molar-refractivity contribution < 1.29 is 18.6 Å². The molecule has 0 aliphatic heterocycles. The van der Waals surface area contributed by atoms with E-state index in [4.69, 9.17) is 4.89 Å². The highest BCUT2D eigenvalue weighted by molar-refractivity contribution is 7.47. The molecular formula is C5H14NO4P. The van der Waals surface area contributed by atoms with Crippen molar-refractivity contribution in [2.75, 3.05) is 13.7 Å². The number of phosphoric acid groups is 1. The van der Waals surface area contributed by atoms with Crippen molar-refractivity contribution in [1.29, 1.82) is 0 Å². The molecule has 0 heterocycles. The summed E-state index contributed by atoms with van der Waals surface area (Å²) >= 11 is 0. The van der Waals surface area contributed by atoms with Crippen molar-refractivity contribution >= 4 is 7.82 Å². The van der Waals surface area contributed by atoms with Crippen LogP contribution in [-0.4, -0.2) is 18.5 Å². The average Bonchev–Trinajstić information content (AvgIpc) is 1.84. The Morgan fingerprint density at radius 1 is 1.64 bits per heavy atom. The molecule has 1 unspecified atom stereocenters. The van der Waals surface area contributed by atoms with Gasteiger partial charge in [0.1, 0.15) is 0 Å². The van der Waals surface area contributed by atoms with Crippen LogP contribution in [0.2, 0.25) is 0 Å². The number of rotatable bonds is 5. The van der Waals surface area contributed by atoms with Gasteiger partial charge in [-0.05, 0) is 5.92 Å². The first-order valence-corrected chi connectivity index (χ1v) is 4.80. The predicted molar refractivity (Wildman–Crippen MR) is 40.8 cm³/mol. The zero-order chi connectivity index (χ0) is 8.91. The van der Waals surface area contributed by atoms with E-state index in [9.17, 15) is 4.57 Å². The van der Waals surface area contributed by atoms with E-state index in [0.717, 1.165) is 0 Å². The molecular weight excluding hydrogens is 169 g/mol. The number of hydrogen-bond donors (Lipinski definition) is 2. The minimum absolute atomic E-state index is 0.204. The predicted octanol–water partition coefficient (Wildman–Crippen LogP) is 0.910. The Bertz CT molecular complexity index is 149. The van der Waals surface area contributed by atoms with Gasteiger partial charge in [0.15, 0.2) is 0 Å². The molecule has 2 N–H and O–H groups in total. The summed E-state index contributed by atoms with van der Waals surface area (Å²) in [6.45, 7) is 3.95. The third-order valence-electron chi connectivity index (χ3n) is 0.778. The maximum Gasteiger partial charge on any atom is 0.488 e. The van der Waals surface area contributed by atoms with Crippen LogP contribution in [0.4, 0.5) is 0 Å². The highest BCUT2D eigenvalue weighted by atomic mass is 31.2. The second-order valence-electron chi connectivity index (χ2n) is 2.45. The summed E-state index contributed by atoms with van der Waals surface area (Å²) in [5.74, 6) is 0.205. The van der Waals surface area contributed by atoms with Crippen molar-refractivity contribution in [1.82, 2.24) is 5.48 Å². The quantitative estimate of drug-likeness (QED) is 0.489. The molecule has 5 nitrogen and oxygen atoms in total. The topological polar surface area (TPSA) is 67.8 Å². The fourth-order valence-corrected chi connectivity index (χ4v) is 1.15. The first kappa shape index (κ1) is 11.1. The Kier molecular flexibility index (Phi) is 4.88. The van der Waals surface area contributed by atoms with Gasteiger partial charge >= 0.3 is 7.82 Å². The summed E-state index contributed by atoms with van der Waals surface area (Å²) in [6.07, 6.45) is 0. The fourth-order valence-electron chi connectivity index (χ4n) is 0.385. The van der Waals surface area contributed by atoms with Crippen molar-refractivity contribution in [3.8, 4) is 0 Å². The molecule has 0 amide bonds. The molecule has 0 aliphatic rings. The minimum atomic E-state index is -3.86. The zero-order valence-electron chi connectivity index (χ0n) is 6.90. The van der Waals surface area contributed by atoms with Crippen LogP contribution in [-0.2, 0) is 13.7 Å². The molecule has 0 aromatic carbocycles. The van der Waals surface area contributed by atoms with Crippen LogP contribution in [0.25, 0.3) is 0 Å². The van der Waals surface area contributed by atoms with E-state index in [2.05, 4.69) is 14.6 Å². The van der Waals surface area contributed by atoms with Crippen molar-refractivity contribution in [2.45, 2.75) is 13.8 Å². The Hall–Kier alpha value is 0.0700. The largest absolute Gasteiger partial charge is 0.488 e. The molecule has 0 rings (SSSR count). The summed E-state index contributed by atoms with van der Waals surface area (Å²) in [6, 6.07) is 0. The summed E-state index contributed by atoms with van der Waals surface area (Å²) in [4.78, 5) is 8.81. The summed E-state index contributed by atoms with van der Waals surface area (Å²) in [5.41, 5.74) is 2.09. The third-order valence-corrected chi connectivity index (χ3v) is 1.67. The second-order valence-corrected chi connectivity index (χ2v) is 3.83. The summed E-state index contributed by atoms with van der Waals surface area (Å²) in [5, 5.41) is 0. The lowest BCUT2D eigenvalue weighted by atomic mass is 10.2. The molecule has 68 valence electrons. The molecule has 0 aliphatic carbocycles. The maximum absolute atomic E-state index is 10.8. The van der Waals surface area contributed by atoms with Gasteiger partial charge in [0.2, 0.25) is 0 Å². The van der Waals surface area contributed by atoms with E-state index in [1.54, 1.807) is 0 Å². The van der Waals surface area contributed by atoms with Crippen molar-refractivity contribution in [3.05, 3.63) is 0 Å². The first-order chi connectivity index (χ1) is 4.98. The monoisotopic (exact) mass is 183 g/mol. The standard InChI is InChI=1S/C5H14NO4P/c1-5(2)4-9-11(7,8)10-6-3/h5-6H,4H2,1-3H3,(H,7,8). The Morgan fingerprint density at radius 3 is 2.55 bits per heavy atom. The molecule has 0 spiro atoms. The van der Waals surface area contributed by atoms with Crippen LogP contribution < -0.4 is 5.48 Å². The highest BCUT2D eigenvalue weighted by Gasteiger charge is 2.20. The van der Waals surface area contributed by atoms with Crippen molar-refractivity contribution in [2.24, 2.45) is 5.92 Å². The fraction of sp³-hybridized carbons (Fsp3) is 1.00. The van der Waals surface area contributed by atoms with Crippen LogP contribution in [0.5, 0.6) is 0 Å². The number of hydroxylamine groups is 1. The molecule has 1 atom stereocenters. The molecule has 0 radical (unpaired) electrons. The van der Waals surface area contributed by atoms with Gasteiger partial charge < -0.3 is 4.89 Å². The number of phosphoric ester groups is 1. The molecule has 0 saturated carbocycles. The molecule has 0 aromatic heterocycles. The average molecular weight is 183 g/mol. The van der Waals surface area contributed by atoms with Crippen molar-refractivity contribution in [3.63, 3.8) is 0 Å². The number of hydrogen-bond acceptors (Lipinski definition) is 4. The van der Waals surface area contributed by atoms with Crippen LogP contribution in [0.15, 0.2) is 0 Å². The van der Waals surface area contributed by atoms with E-state index < -0.39 is 7.82 Å². The molecule has 0 bridgehead atoms. The van der Waals surface area contributed by atoms with Gasteiger partial charge in [0.05, 0.1) is 6.61 Å². The van der Waals surface area contributed by atoms with Gasteiger partial charge in [-0.2, -0.15) is 10.1 Å². The lowest BCUT2D eigenvalue weighted by molar-refractivity contribution is 0.101. The smallest absolute Gasteiger partial charge is 0.301 e. The van der Waals surface area contributed by atoms with Gasteiger partial charge in [-0.25, -0.2) is 4.57 Å². The SMILES string of the molecule is CNOP(=O)(O)OCC(C)C. The first-order valence-electron chi connectivity index (χ1n) is 3.30. The Labute approximate surface area is 66.3 Å². The lowest BCUT2D eigenvalue weighted by Crippen LogP contribution is -2.09. The minimum Gasteiger partial charge on any atom is -0.301 e. The molecule has 6 heteroatoms. The summed E-state index contributed by atoms with van der Waals surface area (Å²) < 4.78 is 19.5. The second kappa shape index (κ2) is 4.85. The van der Waals surface area contributed by atoms with Gasteiger partial charge in [-0.15, -0.1) is 0 Å². The highest BCUT2D eigenvalue weighted by Crippen LogP contribution is 2.41. The van der Waals surface area contributed by atoms with E-state index in [1.807, 2.05) is 13.8 Å². The van der Waals surface area contributed by atoms with Gasteiger partial charge in [0, 0.05) is 7.05 Å². The van der Waals surface area contributed by atoms with E-state index >= 15 is 0 Å². The van der Waals surface area contributed by atoms with E-state index in [-0.39, 0.29) is 12.5 Å². The van der Waals surface area contributed by atoms with Crippen LogP contribution in [0.3, 0.4) is 0 Å². The lowest BCUT2D eigenvalue weighted by Gasteiger charge is -2.11. The van der Waals surface area contributed by atoms with Gasteiger partial charge in [-0.1, -0.05) is 13.8 Å². The van der Waals surface area contributed by atoms with Crippen LogP contribution in [0.1, 0.15) is 13.8 Å². The zero-order valence-corrected chi connectivity index (χ0v) is 7.80. The third kappa shape index (κ3) is 6.47. The Balaban J connectivity index is 3.64. The Morgan fingerprint density at radius 2 is 2.18 bits per heavy atom. The molecule has 0 aromatic rings. The molecule has 11 heavy (non-hydrogen) atoms. The molecule has 0 fully saturated rings.